The average molecular weight is 262 g/mol. The fraction of sp³-hybridized carbons (Fsp3) is 0.214. The van der Waals surface area contributed by atoms with Crippen LogP contribution in [0.15, 0.2) is 34.7 Å². The van der Waals surface area contributed by atoms with Crippen molar-refractivity contribution in [1.29, 1.82) is 0 Å². The topological polar surface area (TPSA) is 68.3 Å². The molecule has 1 amide bonds. The number of hydrogen-bond donors (Lipinski definition) is 2. The summed E-state index contributed by atoms with van der Waals surface area (Å²) in [6.45, 7) is 2.65. The zero-order valence-electron chi connectivity index (χ0n) is 10.6. The van der Waals surface area contributed by atoms with E-state index in [9.17, 15) is 9.18 Å². The van der Waals surface area contributed by atoms with Gasteiger partial charge in [0.1, 0.15) is 17.3 Å². The highest BCUT2D eigenvalue weighted by atomic mass is 19.1. The summed E-state index contributed by atoms with van der Waals surface area (Å²) in [5.41, 5.74) is 5.86. The first-order chi connectivity index (χ1) is 9.06. The van der Waals surface area contributed by atoms with E-state index in [2.05, 4.69) is 5.32 Å². The second-order valence-corrected chi connectivity index (χ2v) is 4.29. The molecule has 0 aliphatic rings. The van der Waals surface area contributed by atoms with Gasteiger partial charge in [-0.2, -0.15) is 0 Å². The van der Waals surface area contributed by atoms with Crippen molar-refractivity contribution in [3.63, 3.8) is 0 Å². The third kappa shape index (κ3) is 3.42. The maximum Gasteiger partial charge on any atom is 0.248 e. The number of aryl methyl sites for hydroxylation is 1. The summed E-state index contributed by atoms with van der Waals surface area (Å²) in [7, 11) is 0. The second kappa shape index (κ2) is 5.67. The molecule has 0 aliphatic heterocycles. The molecule has 1 aromatic heterocycles. The Morgan fingerprint density at radius 1 is 1.32 bits per heavy atom. The maximum atomic E-state index is 13.5. The highest BCUT2D eigenvalue weighted by molar-refractivity contribution is 5.92. The minimum absolute atomic E-state index is 0.298. The van der Waals surface area contributed by atoms with Crippen molar-refractivity contribution in [2.24, 2.45) is 5.73 Å². The van der Waals surface area contributed by atoms with Gasteiger partial charge in [0, 0.05) is 17.7 Å². The van der Waals surface area contributed by atoms with Crippen LogP contribution in [0.2, 0.25) is 0 Å². The highest BCUT2D eigenvalue weighted by Gasteiger charge is 2.07. The first-order valence-corrected chi connectivity index (χ1v) is 5.90. The second-order valence-electron chi connectivity index (χ2n) is 4.29. The summed E-state index contributed by atoms with van der Waals surface area (Å²) < 4.78 is 18.9. The molecule has 3 N–H and O–H groups in total. The lowest BCUT2D eigenvalue weighted by molar-refractivity contribution is 0.1000. The number of carbonyl (C=O) groups excluding carboxylic acids is 1. The van der Waals surface area contributed by atoms with E-state index in [4.69, 9.17) is 10.2 Å². The summed E-state index contributed by atoms with van der Waals surface area (Å²) in [6, 6.07) is 7.80. The van der Waals surface area contributed by atoms with Crippen LogP contribution in [0.25, 0.3) is 0 Å². The smallest absolute Gasteiger partial charge is 0.248 e. The van der Waals surface area contributed by atoms with E-state index in [1.54, 1.807) is 0 Å². The van der Waals surface area contributed by atoms with E-state index in [1.807, 2.05) is 19.1 Å². The van der Waals surface area contributed by atoms with Crippen molar-refractivity contribution < 1.29 is 13.6 Å². The van der Waals surface area contributed by atoms with Crippen LogP contribution in [-0.2, 0) is 13.1 Å². The maximum absolute atomic E-state index is 13.5. The molecule has 1 heterocycles. The van der Waals surface area contributed by atoms with Crippen LogP contribution in [0.4, 0.5) is 4.39 Å². The van der Waals surface area contributed by atoms with Gasteiger partial charge < -0.3 is 15.5 Å². The van der Waals surface area contributed by atoms with E-state index in [0.717, 1.165) is 11.5 Å². The van der Waals surface area contributed by atoms with Crippen LogP contribution in [0.3, 0.4) is 0 Å². The SMILES string of the molecule is Cc1ccc(CNCc2cc(C(N)=O)ccc2F)o1. The van der Waals surface area contributed by atoms with Crippen LogP contribution < -0.4 is 11.1 Å². The van der Waals surface area contributed by atoms with Crippen molar-refractivity contribution >= 4 is 5.91 Å². The van der Waals surface area contributed by atoms with E-state index in [-0.39, 0.29) is 5.82 Å². The van der Waals surface area contributed by atoms with Crippen LogP contribution >= 0.6 is 0 Å². The largest absolute Gasteiger partial charge is 0.465 e. The van der Waals surface area contributed by atoms with Gasteiger partial charge in [0.2, 0.25) is 5.91 Å². The molecule has 0 radical (unpaired) electrons. The molecule has 0 unspecified atom stereocenters. The molecule has 100 valence electrons. The minimum atomic E-state index is -0.567. The molecule has 0 saturated heterocycles. The summed E-state index contributed by atoms with van der Waals surface area (Å²) in [5, 5.41) is 3.05. The number of benzene rings is 1. The van der Waals surface area contributed by atoms with Gasteiger partial charge in [-0.1, -0.05) is 0 Å². The minimum Gasteiger partial charge on any atom is -0.465 e. The summed E-state index contributed by atoms with van der Waals surface area (Å²) in [5.74, 6) is 0.679. The van der Waals surface area contributed by atoms with Gasteiger partial charge in [-0.15, -0.1) is 0 Å². The Labute approximate surface area is 110 Å². The molecule has 0 aliphatic carbocycles. The molecule has 19 heavy (non-hydrogen) atoms. The lowest BCUT2D eigenvalue weighted by Crippen LogP contribution is -2.16. The fourth-order valence-corrected chi connectivity index (χ4v) is 1.76. The number of carbonyl (C=O) groups is 1. The molecule has 2 rings (SSSR count). The van der Waals surface area contributed by atoms with Crippen molar-refractivity contribution in [1.82, 2.24) is 5.32 Å². The Hall–Kier alpha value is -2.14. The van der Waals surface area contributed by atoms with Crippen molar-refractivity contribution in [2.75, 3.05) is 0 Å². The van der Waals surface area contributed by atoms with E-state index < -0.39 is 5.91 Å². The summed E-state index contributed by atoms with van der Waals surface area (Å²) in [6.07, 6.45) is 0. The van der Waals surface area contributed by atoms with Gasteiger partial charge in [-0.05, 0) is 37.3 Å². The molecule has 5 heteroatoms. The Bertz CT molecular complexity index is 593. The average Bonchev–Trinajstić information content (AvgIpc) is 2.77. The molecule has 0 saturated carbocycles. The number of amides is 1. The molecule has 2 aromatic rings. The molecule has 4 nitrogen and oxygen atoms in total. The Morgan fingerprint density at radius 2 is 2.11 bits per heavy atom. The van der Waals surface area contributed by atoms with Gasteiger partial charge in [-0.25, -0.2) is 4.39 Å². The summed E-state index contributed by atoms with van der Waals surface area (Å²) >= 11 is 0. The number of rotatable bonds is 5. The molecule has 0 bridgehead atoms. The number of halogens is 1. The lowest BCUT2D eigenvalue weighted by Gasteiger charge is -2.06. The number of primary amides is 1. The van der Waals surface area contributed by atoms with Crippen LogP contribution in [0.1, 0.15) is 27.4 Å². The van der Waals surface area contributed by atoms with Gasteiger partial charge in [-0.3, -0.25) is 4.79 Å². The summed E-state index contributed by atoms with van der Waals surface area (Å²) in [4.78, 5) is 11.0. The third-order valence-electron chi connectivity index (χ3n) is 2.74. The van der Waals surface area contributed by atoms with Gasteiger partial charge >= 0.3 is 0 Å². The van der Waals surface area contributed by atoms with Gasteiger partial charge in [0.15, 0.2) is 0 Å². The van der Waals surface area contributed by atoms with Crippen molar-refractivity contribution in [3.8, 4) is 0 Å². The van der Waals surface area contributed by atoms with Crippen molar-refractivity contribution in [3.05, 3.63) is 58.8 Å². The zero-order chi connectivity index (χ0) is 13.8. The monoisotopic (exact) mass is 262 g/mol. The normalized spacial score (nSPS) is 10.6. The molecule has 0 atom stereocenters. The molecule has 0 fully saturated rings. The third-order valence-corrected chi connectivity index (χ3v) is 2.74. The van der Waals surface area contributed by atoms with Crippen LogP contribution in [0, 0.1) is 12.7 Å². The van der Waals surface area contributed by atoms with Crippen LogP contribution in [-0.4, -0.2) is 5.91 Å². The Morgan fingerprint density at radius 3 is 2.74 bits per heavy atom. The Balaban J connectivity index is 1.99. The molecular formula is C14H15FN2O2. The Kier molecular flexibility index (Phi) is 3.97. The van der Waals surface area contributed by atoms with E-state index >= 15 is 0 Å². The predicted molar refractivity (Wildman–Crippen MR) is 68.9 cm³/mol. The first kappa shape index (κ1) is 13.3. The number of nitrogens with one attached hydrogen (secondary N) is 1. The number of nitrogens with two attached hydrogens (primary N) is 1. The highest BCUT2D eigenvalue weighted by Crippen LogP contribution is 2.11. The lowest BCUT2D eigenvalue weighted by atomic mass is 10.1. The predicted octanol–water partition coefficient (Wildman–Crippen LogP) is 2.12. The quantitative estimate of drug-likeness (QED) is 0.867. The molecular weight excluding hydrogens is 247 g/mol. The number of hydrogen-bond acceptors (Lipinski definition) is 3. The first-order valence-electron chi connectivity index (χ1n) is 5.90. The van der Waals surface area contributed by atoms with Crippen molar-refractivity contribution in [2.45, 2.75) is 20.0 Å². The standard InChI is InChI=1S/C14H15FN2O2/c1-9-2-4-12(19-9)8-17-7-11-6-10(14(16)18)3-5-13(11)15/h2-6,17H,7-8H2,1H3,(H2,16,18). The van der Waals surface area contributed by atoms with E-state index in [1.165, 1.54) is 18.2 Å². The van der Waals surface area contributed by atoms with Gasteiger partial charge in [0.25, 0.3) is 0 Å². The molecule has 0 spiro atoms. The van der Waals surface area contributed by atoms with Gasteiger partial charge in [0.05, 0.1) is 6.54 Å². The fourth-order valence-electron chi connectivity index (χ4n) is 1.76. The van der Waals surface area contributed by atoms with E-state index in [0.29, 0.717) is 24.2 Å². The zero-order valence-corrected chi connectivity index (χ0v) is 10.6. The molecule has 1 aromatic carbocycles. The number of furan rings is 1. The van der Waals surface area contributed by atoms with Crippen LogP contribution in [0.5, 0.6) is 0 Å².